The fraction of sp³-hybridized carbons (Fsp3) is 0.440. The first-order valence-electron chi connectivity index (χ1n) is 11.6. The van der Waals surface area contributed by atoms with Gasteiger partial charge in [0.05, 0.1) is 29.7 Å². The molecule has 0 bridgehead atoms. The van der Waals surface area contributed by atoms with Crippen molar-refractivity contribution < 1.29 is 23.4 Å². The summed E-state index contributed by atoms with van der Waals surface area (Å²) in [5, 5.41) is 3.23. The number of ether oxygens (including phenoxy) is 3. The Morgan fingerprint density at radius 1 is 1.28 bits per heavy atom. The fourth-order valence-corrected chi connectivity index (χ4v) is 4.09. The number of benzene rings is 1. The highest BCUT2D eigenvalue weighted by Gasteiger charge is 2.31. The van der Waals surface area contributed by atoms with Crippen LogP contribution in [0.5, 0.6) is 5.88 Å². The second-order valence-electron chi connectivity index (χ2n) is 9.49. The van der Waals surface area contributed by atoms with E-state index < -0.39 is 17.5 Å². The number of nitrogens with one attached hydrogen (secondary N) is 1. The topological polar surface area (TPSA) is 98.7 Å². The van der Waals surface area contributed by atoms with Crippen molar-refractivity contribution in [2.75, 3.05) is 32.1 Å². The summed E-state index contributed by atoms with van der Waals surface area (Å²) < 4.78 is 31.6. The average Bonchev–Trinajstić information content (AvgIpc) is 3.29. The summed E-state index contributed by atoms with van der Waals surface area (Å²) in [4.78, 5) is 27.2. The summed E-state index contributed by atoms with van der Waals surface area (Å²) in [5.41, 5.74) is 0.829. The lowest BCUT2D eigenvalue weighted by molar-refractivity contribution is 0.0275. The van der Waals surface area contributed by atoms with Gasteiger partial charge in [0.25, 0.3) is 0 Å². The van der Waals surface area contributed by atoms with Crippen molar-refractivity contribution in [1.29, 1.82) is 0 Å². The number of carbonyl (C=O) groups is 1. The van der Waals surface area contributed by atoms with E-state index in [0.717, 1.165) is 0 Å². The number of halogens is 2. The van der Waals surface area contributed by atoms with Crippen LogP contribution in [-0.4, -0.2) is 64.5 Å². The van der Waals surface area contributed by atoms with Crippen LogP contribution in [0.2, 0.25) is 5.02 Å². The predicted molar refractivity (Wildman–Crippen MR) is 134 cm³/mol. The van der Waals surface area contributed by atoms with Gasteiger partial charge in [-0.25, -0.2) is 24.1 Å². The summed E-state index contributed by atoms with van der Waals surface area (Å²) >= 11 is 5.99. The molecule has 1 unspecified atom stereocenters. The van der Waals surface area contributed by atoms with Crippen LogP contribution in [0.1, 0.15) is 38.8 Å². The standard InChI is InChI=1S/C25H29ClFN5O4/c1-25(2,3)36-24(33)32-11-10-15(12-32)35-20-9-8-18-22(31-20)23(29-14-28-18)30-19(13-34-4)16-6-5-7-17(26)21(16)27/h5-9,14-15,19H,10-13H2,1-4H3,(H,28,29,30)/t15-,19?/m0/s1. The van der Waals surface area contributed by atoms with Gasteiger partial charge in [-0.1, -0.05) is 23.7 Å². The minimum atomic E-state index is -0.574. The van der Waals surface area contributed by atoms with Crippen LogP contribution in [0.3, 0.4) is 0 Å². The van der Waals surface area contributed by atoms with Crippen molar-refractivity contribution in [3.8, 4) is 5.88 Å². The summed E-state index contributed by atoms with van der Waals surface area (Å²) in [7, 11) is 1.53. The molecule has 1 aromatic carbocycles. The van der Waals surface area contributed by atoms with E-state index in [9.17, 15) is 9.18 Å². The van der Waals surface area contributed by atoms with Crippen LogP contribution in [0.15, 0.2) is 36.7 Å². The smallest absolute Gasteiger partial charge is 0.410 e. The van der Waals surface area contributed by atoms with Gasteiger partial charge in [0.1, 0.15) is 29.4 Å². The molecule has 0 spiro atoms. The fourth-order valence-electron chi connectivity index (χ4n) is 3.91. The van der Waals surface area contributed by atoms with Gasteiger partial charge in [0.15, 0.2) is 5.82 Å². The van der Waals surface area contributed by atoms with Crippen molar-refractivity contribution in [2.24, 2.45) is 0 Å². The summed E-state index contributed by atoms with van der Waals surface area (Å²) in [6.07, 6.45) is 1.46. The SMILES string of the molecule is COCC(Nc1ncnc2ccc(O[C@H]3CCN(C(=O)OC(C)(C)C)C3)nc12)c1cccc(Cl)c1F. The molecule has 1 amide bonds. The zero-order valence-corrected chi connectivity index (χ0v) is 21.4. The number of nitrogens with zero attached hydrogens (tertiary/aromatic N) is 4. The molecule has 1 aliphatic heterocycles. The van der Waals surface area contributed by atoms with Gasteiger partial charge in [0, 0.05) is 31.7 Å². The molecule has 1 N–H and O–H groups in total. The Balaban J connectivity index is 1.53. The van der Waals surface area contributed by atoms with E-state index in [4.69, 9.17) is 25.8 Å². The number of aromatic nitrogens is 3. The maximum Gasteiger partial charge on any atom is 0.410 e. The Morgan fingerprint density at radius 2 is 2.08 bits per heavy atom. The number of methoxy groups -OCH3 is 1. The molecule has 11 heteroatoms. The van der Waals surface area contributed by atoms with Crippen molar-refractivity contribution in [1.82, 2.24) is 19.9 Å². The normalized spacial score (nSPS) is 16.7. The first kappa shape index (κ1) is 25.8. The van der Waals surface area contributed by atoms with Crippen molar-refractivity contribution in [2.45, 2.75) is 44.9 Å². The molecule has 36 heavy (non-hydrogen) atoms. The third-order valence-electron chi connectivity index (χ3n) is 5.54. The Bertz CT molecular complexity index is 1240. The number of rotatable bonds is 7. The van der Waals surface area contributed by atoms with E-state index in [1.807, 2.05) is 20.8 Å². The molecule has 0 aliphatic carbocycles. The minimum Gasteiger partial charge on any atom is -0.472 e. The quantitative estimate of drug-likeness (QED) is 0.467. The zero-order valence-electron chi connectivity index (χ0n) is 20.6. The zero-order chi connectivity index (χ0) is 25.9. The molecule has 192 valence electrons. The van der Waals surface area contributed by atoms with Gasteiger partial charge >= 0.3 is 6.09 Å². The number of pyridine rings is 1. The van der Waals surface area contributed by atoms with E-state index in [1.54, 1.807) is 29.2 Å². The molecule has 4 rings (SSSR count). The van der Waals surface area contributed by atoms with Crippen molar-refractivity contribution in [3.05, 3.63) is 53.1 Å². The van der Waals surface area contributed by atoms with E-state index in [-0.39, 0.29) is 23.8 Å². The number of hydrogen-bond donors (Lipinski definition) is 1. The number of hydrogen-bond acceptors (Lipinski definition) is 8. The van der Waals surface area contributed by atoms with Crippen LogP contribution in [0.25, 0.3) is 11.0 Å². The van der Waals surface area contributed by atoms with Crippen LogP contribution in [-0.2, 0) is 9.47 Å². The summed E-state index contributed by atoms with van der Waals surface area (Å²) in [5.74, 6) is 0.238. The second kappa shape index (κ2) is 10.8. The first-order valence-corrected chi connectivity index (χ1v) is 12.0. The predicted octanol–water partition coefficient (Wildman–Crippen LogP) is 5.01. The van der Waals surface area contributed by atoms with Gasteiger partial charge < -0.3 is 24.4 Å². The molecule has 1 fully saturated rings. The maximum absolute atomic E-state index is 14.7. The monoisotopic (exact) mass is 517 g/mol. The molecular formula is C25H29ClFN5O4. The maximum atomic E-state index is 14.7. The molecule has 0 saturated carbocycles. The lowest BCUT2D eigenvalue weighted by Gasteiger charge is -2.24. The largest absolute Gasteiger partial charge is 0.472 e. The Morgan fingerprint density at radius 3 is 2.83 bits per heavy atom. The third kappa shape index (κ3) is 6.11. The van der Waals surface area contributed by atoms with E-state index in [2.05, 4.69) is 20.3 Å². The van der Waals surface area contributed by atoms with Gasteiger partial charge in [-0.3, -0.25) is 0 Å². The van der Waals surface area contributed by atoms with Gasteiger partial charge in [-0.05, 0) is 32.9 Å². The van der Waals surface area contributed by atoms with E-state index in [1.165, 1.54) is 19.5 Å². The molecule has 2 atom stereocenters. The molecule has 3 aromatic rings. The van der Waals surface area contributed by atoms with E-state index in [0.29, 0.717) is 47.8 Å². The third-order valence-corrected chi connectivity index (χ3v) is 5.83. The highest BCUT2D eigenvalue weighted by atomic mass is 35.5. The second-order valence-corrected chi connectivity index (χ2v) is 9.90. The minimum absolute atomic E-state index is 0.0220. The van der Waals surface area contributed by atoms with Crippen molar-refractivity contribution >= 4 is 34.5 Å². The Kier molecular flexibility index (Phi) is 7.75. The first-order chi connectivity index (χ1) is 17.1. The number of likely N-dealkylation sites (tertiary alicyclic amines) is 1. The van der Waals surface area contributed by atoms with Crippen LogP contribution in [0, 0.1) is 5.82 Å². The van der Waals surface area contributed by atoms with Crippen LogP contribution in [0.4, 0.5) is 15.0 Å². The lowest BCUT2D eigenvalue weighted by Crippen LogP contribution is -2.36. The van der Waals surface area contributed by atoms with Crippen LogP contribution < -0.4 is 10.1 Å². The van der Waals surface area contributed by atoms with Gasteiger partial charge in [-0.2, -0.15) is 0 Å². The number of carbonyl (C=O) groups excluding carboxylic acids is 1. The highest BCUT2D eigenvalue weighted by molar-refractivity contribution is 6.30. The number of amides is 1. The Hall–Kier alpha value is -3.24. The molecule has 2 aromatic heterocycles. The summed E-state index contributed by atoms with van der Waals surface area (Å²) in [6.45, 7) is 6.60. The van der Waals surface area contributed by atoms with E-state index >= 15 is 0 Å². The van der Waals surface area contributed by atoms with Crippen molar-refractivity contribution in [3.63, 3.8) is 0 Å². The number of anilines is 1. The highest BCUT2D eigenvalue weighted by Crippen LogP contribution is 2.29. The molecule has 9 nitrogen and oxygen atoms in total. The van der Waals surface area contributed by atoms with Gasteiger partial charge in [0.2, 0.25) is 5.88 Å². The van der Waals surface area contributed by atoms with Gasteiger partial charge in [-0.15, -0.1) is 0 Å². The molecule has 0 radical (unpaired) electrons. The lowest BCUT2D eigenvalue weighted by atomic mass is 10.1. The van der Waals surface area contributed by atoms with Crippen LogP contribution >= 0.6 is 11.6 Å². The summed E-state index contributed by atoms with van der Waals surface area (Å²) in [6, 6.07) is 7.72. The number of fused-ring (bicyclic) bond motifs is 1. The Labute approximate surface area is 213 Å². The molecule has 1 saturated heterocycles. The molecule has 1 aliphatic rings. The average molecular weight is 518 g/mol. The molecule has 3 heterocycles. The molecular weight excluding hydrogens is 489 g/mol.